The highest BCUT2D eigenvalue weighted by molar-refractivity contribution is 6.32. The zero-order valence-corrected chi connectivity index (χ0v) is 11.9. The lowest BCUT2D eigenvalue weighted by Crippen LogP contribution is -2.03. The summed E-state index contributed by atoms with van der Waals surface area (Å²) in [4.78, 5) is 0. The van der Waals surface area contributed by atoms with Crippen molar-refractivity contribution in [3.8, 4) is 6.07 Å². The van der Waals surface area contributed by atoms with Gasteiger partial charge in [-0.2, -0.15) is 5.26 Å². The fraction of sp³-hybridized carbons (Fsp3) is 0.188. The van der Waals surface area contributed by atoms with E-state index < -0.39 is 0 Å². The molecule has 0 aliphatic rings. The summed E-state index contributed by atoms with van der Waals surface area (Å²) in [6, 6.07) is 15.5. The molecule has 2 rings (SSSR count). The maximum atomic E-state index is 8.84. The number of hydrogen-bond donors (Lipinski definition) is 1. The molecule has 0 amide bonds. The lowest BCUT2D eigenvalue weighted by atomic mass is 10.1. The van der Waals surface area contributed by atoms with Crippen LogP contribution in [0.25, 0.3) is 0 Å². The number of nitrogens with zero attached hydrogens (tertiary/aromatic N) is 1. The average Bonchev–Trinajstić information content (AvgIpc) is 2.47. The van der Waals surface area contributed by atoms with Crippen molar-refractivity contribution in [1.29, 1.82) is 5.26 Å². The van der Waals surface area contributed by atoms with Crippen LogP contribution in [0.15, 0.2) is 42.5 Å². The summed E-state index contributed by atoms with van der Waals surface area (Å²) in [6.45, 7) is 1.27. The van der Waals surface area contributed by atoms with E-state index in [9.17, 15) is 0 Å². The molecule has 0 saturated heterocycles. The number of ether oxygens (including phenoxy) is 1. The van der Waals surface area contributed by atoms with Gasteiger partial charge in [-0.25, -0.2) is 0 Å². The zero-order chi connectivity index (χ0) is 14.4. The summed E-state index contributed by atoms with van der Waals surface area (Å²) in [7, 11) is 1.69. The summed E-state index contributed by atoms with van der Waals surface area (Å²) in [6.07, 6.45) is 0. The van der Waals surface area contributed by atoms with E-state index >= 15 is 0 Å². The summed E-state index contributed by atoms with van der Waals surface area (Å²) in [5.74, 6) is 0. The fourth-order valence-corrected chi connectivity index (χ4v) is 2.16. The topological polar surface area (TPSA) is 45.0 Å². The Hall–Kier alpha value is -2.02. The van der Waals surface area contributed by atoms with Crippen molar-refractivity contribution in [2.75, 3.05) is 12.4 Å². The zero-order valence-electron chi connectivity index (χ0n) is 11.2. The first kappa shape index (κ1) is 14.4. The van der Waals surface area contributed by atoms with E-state index in [1.165, 1.54) is 5.56 Å². The van der Waals surface area contributed by atoms with E-state index in [2.05, 4.69) is 11.4 Å². The second-order valence-corrected chi connectivity index (χ2v) is 4.77. The molecule has 0 aromatic heterocycles. The Labute approximate surface area is 123 Å². The number of nitrogens with one attached hydrogen (secondary N) is 1. The molecule has 3 nitrogen and oxygen atoms in total. The van der Waals surface area contributed by atoms with Gasteiger partial charge in [0.25, 0.3) is 0 Å². The van der Waals surface area contributed by atoms with Crippen LogP contribution in [0.4, 0.5) is 5.69 Å². The molecule has 2 aromatic rings. The van der Waals surface area contributed by atoms with Crippen LogP contribution in [0.5, 0.6) is 0 Å². The quantitative estimate of drug-likeness (QED) is 0.904. The third-order valence-corrected chi connectivity index (χ3v) is 3.30. The van der Waals surface area contributed by atoms with Crippen molar-refractivity contribution in [1.82, 2.24) is 0 Å². The maximum Gasteiger partial charge on any atom is 0.101 e. The number of hydrogen-bond acceptors (Lipinski definition) is 3. The molecule has 0 spiro atoms. The summed E-state index contributed by atoms with van der Waals surface area (Å²) < 4.78 is 5.19. The van der Waals surface area contributed by atoms with E-state index in [1.807, 2.05) is 30.3 Å². The molecule has 0 aliphatic carbocycles. The van der Waals surface area contributed by atoms with Gasteiger partial charge in [-0.1, -0.05) is 35.9 Å². The Bertz CT molecular complexity index is 635. The Morgan fingerprint density at radius 3 is 2.60 bits per heavy atom. The third kappa shape index (κ3) is 3.51. The SMILES string of the molecule is COCc1ccccc1CNc1ccc(C#N)c(Cl)c1. The minimum atomic E-state index is 0.461. The van der Waals surface area contributed by atoms with Crippen molar-refractivity contribution in [3.05, 3.63) is 64.2 Å². The molecule has 0 aliphatic heterocycles. The summed E-state index contributed by atoms with van der Waals surface area (Å²) in [5, 5.41) is 12.6. The third-order valence-electron chi connectivity index (χ3n) is 2.99. The lowest BCUT2D eigenvalue weighted by molar-refractivity contribution is 0.184. The lowest BCUT2D eigenvalue weighted by Gasteiger charge is -2.11. The minimum Gasteiger partial charge on any atom is -0.381 e. The molecule has 0 unspecified atom stereocenters. The molecule has 0 atom stereocenters. The van der Waals surface area contributed by atoms with E-state index in [1.54, 1.807) is 19.2 Å². The van der Waals surface area contributed by atoms with Crippen LogP contribution in [-0.2, 0) is 17.9 Å². The highest BCUT2D eigenvalue weighted by Gasteiger charge is 2.03. The van der Waals surface area contributed by atoms with Crippen LogP contribution in [0, 0.1) is 11.3 Å². The Kier molecular flexibility index (Phi) is 5.00. The summed E-state index contributed by atoms with van der Waals surface area (Å²) >= 11 is 6.01. The van der Waals surface area contributed by atoms with Crippen molar-refractivity contribution in [2.45, 2.75) is 13.2 Å². The number of methoxy groups -OCH3 is 1. The highest BCUT2D eigenvalue weighted by atomic mass is 35.5. The predicted molar refractivity (Wildman–Crippen MR) is 80.6 cm³/mol. The number of anilines is 1. The fourth-order valence-electron chi connectivity index (χ4n) is 1.94. The minimum absolute atomic E-state index is 0.461. The average molecular weight is 287 g/mol. The predicted octanol–water partition coefficient (Wildman–Crippen LogP) is 3.97. The van der Waals surface area contributed by atoms with Crippen LogP contribution in [-0.4, -0.2) is 7.11 Å². The van der Waals surface area contributed by atoms with Crippen LogP contribution in [0.3, 0.4) is 0 Å². The largest absolute Gasteiger partial charge is 0.381 e. The van der Waals surface area contributed by atoms with Crippen molar-refractivity contribution >= 4 is 17.3 Å². The number of benzene rings is 2. The highest BCUT2D eigenvalue weighted by Crippen LogP contribution is 2.21. The van der Waals surface area contributed by atoms with E-state index in [-0.39, 0.29) is 0 Å². The van der Waals surface area contributed by atoms with Gasteiger partial charge in [-0.15, -0.1) is 0 Å². The van der Waals surface area contributed by atoms with Crippen molar-refractivity contribution < 1.29 is 4.74 Å². The first-order valence-electron chi connectivity index (χ1n) is 6.24. The van der Waals surface area contributed by atoms with Crippen LogP contribution < -0.4 is 5.32 Å². The number of rotatable bonds is 5. The van der Waals surface area contributed by atoms with Gasteiger partial charge in [0.1, 0.15) is 6.07 Å². The van der Waals surface area contributed by atoms with Crippen molar-refractivity contribution in [3.63, 3.8) is 0 Å². The van der Waals surface area contributed by atoms with Gasteiger partial charge in [0.2, 0.25) is 0 Å². The van der Waals surface area contributed by atoms with Gasteiger partial charge < -0.3 is 10.1 Å². The smallest absolute Gasteiger partial charge is 0.101 e. The van der Waals surface area contributed by atoms with Crippen molar-refractivity contribution in [2.24, 2.45) is 0 Å². The van der Waals surface area contributed by atoms with E-state index in [0.717, 1.165) is 11.3 Å². The van der Waals surface area contributed by atoms with E-state index in [4.69, 9.17) is 21.6 Å². The second kappa shape index (κ2) is 6.95. The van der Waals surface area contributed by atoms with Gasteiger partial charge in [0.05, 0.1) is 17.2 Å². The molecular formula is C16H15ClN2O. The second-order valence-electron chi connectivity index (χ2n) is 4.36. The first-order chi connectivity index (χ1) is 9.74. The summed E-state index contributed by atoms with van der Waals surface area (Å²) in [5.41, 5.74) is 3.70. The maximum absolute atomic E-state index is 8.84. The van der Waals surface area contributed by atoms with Crippen LogP contribution >= 0.6 is 11.6 Å². The van der Waals surface area contributed by atoms with Gasteiger partial charge in [-0.05, 0) is 29.3 Å². The van der Waals surface area contributed by atoms with Gasteiger partial charge in [-0.3, -0.25) is 0 Å². The van der Waals surface area contributed by atoms with Gasteiger partial charge >= 0.3 is 0 Å². The Morgan fingerprint density at radius 2 is 1.95 bits per heavy atom. The molecule has 0 radical (unpaired) electrons. The molecule has 20 heavy (non-hydrogen) atoms. The molecule has 0 saturated carbocycles. The van der Waals surface area contributed by atoms with Crippen LogP contribution in [0.1, 0.15) is 16.7 Å². The monoisotopic (exact) mass is 286 g/mol. The molecule has 102 valence electrons. The van der Waals surface area contributed by atoms with Crippen LogP contribution in [0.2, 0.25) is 5.02 Å². The Morgan fingerprint density at radius 1 is 1.20 bits per heavy atom. The molecule has 2 aromatic carbocycles. The van der Waals surface area contributed by atoms with Gasteiger partial charge in [0.15, 0.2) is 0 Å². The van der Waals surface area contributed by atoms with Gasteiger partial charge in [0, 0.05) is 19.3 Å². The molecule has 1 N–H and O–H groups in total. The normalized spacial score (nSPS) is 10.1. The molecule has 0 heterocycles. The Balaban J connectivity index is 2.09. The molecule has 0 fully saturated rings. The standard InChI is InChI=1S/C16H15ClN2O/c1-20-11-14-5-3-2-4-13(14)10-19-15-7-6-12(9-18)16(17)8-15/h2-8,19H,10-11H2,1H3. The number of nitriles is 1. The number of halogens is 1. The molecular weight excluding hydrogens is 272 g/mol. The van der Waals surface area contributed by atoms with E-state index in [0.29, 0.717) is 23.7 Å². The molecule has 4 heteroatoms. The first-order valence-corrected chi connectivity index (χ1v) is 6.61. The molecule has 0 bridgehead atoms.